The molecule has 0 aliphatic carbocycles. The molecule has 0 radical (unpaired) electrons. The summed E-state index contributed by atoms with van der Waals surface area (Å²) >= 11 is 1.31. The third kappa shape index (κ3) is 4.58. The second-order valence-corrected chi connectivity index (χ2v) is 3.69. The van der Waals surface area contributed by atoms with Crippen molar-refractivity contribution in [1.29, 1.82) is 0 Å². The van der Waals surface area contributed by atoms with E-state index in [4.69, 9.17) is 10.8 Å². The third-order valence-electron chi connectivity index (χ3n) is 1.41. The summed E-state index contributed by atoms with van der Waals surface area (Å²) in [5, 5.41) is 8.74. The molecule has 0 aromatic rings. The number of thioether (sulfide) groups is 1. The van der Waals surface area contributed by atoms with Crippen LogP contribution in [0.2, 0.25) is 0 Å². The number of carbonyl (C=O) groups excluding carboxylic acids is 1. The van der Waals surface area contributed by atoms with Gasteiger partial charge in [0.2, 0.25) is 0 Å². The lowest BCUT2D eigenvalue weighted by Crippen LogP contribution is -2.32. The number of carbonyl (C=O) groups is 1. The number of aliphatic hydroxyl groups excluding tert-OH is 1. The molecule has 0 heterocycles. The lowest BCUT2D eigenvalue weighted by Gasteiger charge is -2.16. The van der Waals surface area contributed by atoms with E-state index in [9.17, 15) is 4.79 Å². The predicted octanol–water partition coefficient (Wildman–Crippen LogP) is -0.399. The van der Waals surface area contributed by atoms with Crippen LogP contribution in [0.1, 0.15) is 6.92 Å². The highest BCUT2D eigenvalue weighted by Crippen LogP contribution is 2.12. The molecule has 0 spiro atoms. The minimum Gasteiger partial charge on any atom is -0.468 e. The van der Waals surface area contributed by atoms with Crippen LogP contribution >= 0.6 is 11.8 Å². The second-order valence-electron chi connectivity index (χ2n) is 2.47. The number of esters is 1. The fourth-order valence-corrected chi connectivity index (χ4v) is 1.48. The van der Waals surface area contributed by atoms with Crippen molar-refractivity contribution in [3.8, 4) is 0 Å². The van der Waals surface area contributed by atoms with E-state index in [1.54, 1.807) is 6.92 Å². The molecular formula is C7H15NO3S. The van der Waals surface area contributed by atoms with E-state index in [2.05, 4.69) is 4.74 Å². The summed E-state index contributed by atoms with van der Waals surface area (Å²) < 4.78 is 4.44. The molecule has 0 fully saturated rings. The van der Waals surface area contributed by atoms with Crippen molar-refractivity contribution in [2.24, 2.45) is 5.73 Å². The summed E-state index contributed by atoms with van der Waals surface area (Å²) in [6.07, 6.45) is 0. The van der Waals surface area contributed by atoms with Gasteiger partial charge in [-0.3, -0.25) is 4.79 Å². The van der Waals surface area contributed by atoms with Gasteiger partial charge >= 0.3 is 5.97 Å². The Kier molecular flexibility index (Phi) is 6.14. The van der Waals surface area contributed by atoms with E-state index in [-0.39, 0.29) is 29.6 Å². The molecule has 0 saturated heterocycles. The molecule has 3 N–H and O–H groups in total. The van der Waals surface area contributed by atoms with Crippen LogP contribution in [0.25, 0.3) is 0 Å². The normalized spacial score (nSPS) is 15.3. The van der Waals surface area contributed by atoms with Crippen molar-refractivity contribution in [2.45, 2.75) is 18.2 Å². The number of ether oxygens (including phenoxy) is 1. The van der Waals surface area contributed by atoms with Crippen molar-refractivity contribution in [3.05, 3.63) is 0 Å². The van der Waals surface area contributed by atoms with Crippen molar-refractivity contribution in [3.63, 3.8) is 0 Å². The van der Waals surface area contributed by atoms with Gasteiger partial charge in [-0.1, -0.05) is 0 Å². The molecule has 0 saturated carbocycles. The largest absolute Gasteiger partial charge is 0.468 e. The third-order valence-corrected chi connectivity index (χ3v) is 2.82. The Hall–Kier alpha value is -0.260. The molecule has 0 rings (SSSR count). The molecule has 0 aliphatic heterocycles. The van der Waals surface area contributed by atoms with Gasteiger partial charge in [-0.2, -0.15) is 0 Å². The summed E-state index contributed by atoms with van der Waals surface area (Å²) in [4.78, 5) is 10.7. The number of hydrogen-bond donors (Lipinski definition) is 2. The van der Waals surface area contributed by atoms with Gasteiger partial charge in [-0.25, -0.2) is 0 Å². The van der Waals surface area contributed by atoms with Gasteiger partial charge in [0, 0.05) is 11.3 Å². The van der Waals surface area contributed by atoms with Crippen molar-refractivity contribution in [2.75, 3.05) is 19.5 Å². The second kappa shape index (κ2) is 6.28. The summed E-state index contributed by atoms with van der Waals surface area (Å²) in [5.74, 6) is -0.0531. The highest BCUT2D eigenvalue weighted by atomic mass is 32.2. The number of nitrogens with two attached hydrogens (primary N) is 1. The van der Waals surface area contributed by atoms with E-state index >= 15 is 0 Å². The zero-order valence-electron chi connectivity index (χ0n) is 7.32. The maximum Gasteiger partial charge on any atom is 0.315 e. The molecule has 0 aromatic carbocycles. The lowest BCUT2D eigenvalue weighted by molar-refractivity contribution is -0.137. The molecule has 2 unspecified atom stereocenters. The molecule has 0 aliphatic rings. The molecule has 12 heavy (non-hydrogen) atoms. The Morgan fingerprint density at radius 3 is 2.67 bits per heavy atom. The molecular weight excluding hydrogens is 178 g/mol. The molecule has 5 heteroatoms. The van der Waals surface area contributed by atoms with Crippen molar-refractivity contribution < 1.29 is 14.6 Å². The fourth-order valence-electron chi connectivity index (χ4n) is 0.605. The van der Waals surface area contributed by atoms with Gasteiger partial charge in [-0.15, -0.1) is 11.8 Å². The van der Waals surface area contributed by atoms with Gasteiger partial charge in [0.15, 0.2) is 0 Å². The SMILES string of the molecule is COC(=O)CSC(CO)C(C)N. The first-order chi connectivity index (χ1) is 5.61. The first-order valence-electron chi connectivity index (χ1n) is 3.66. The van der Waals surface area contributed by atoms with Crippen molar-refractivity contribution in [1.82, 2.24) is 0 Å². The average molecular weight is 193 g/mol. The van der Waals surface area contributed by atoms with Gasteiger partial charge in [0.05, 0.1) is 19.5 Å². The lowest BCUT2D eigenvalue weighted by atomic mass is 10.3. The molecule has 4 nitrogen and oxygen atoms in total. The maximum atomic E-state index is 10.7. The van der Waals surface area contributed by atoms with Crippen LogP contribution < -0.4 is 5.73 Å². The van der Waals surface area contributed by atoms with Crippen LogP contribution in [0.15, 0.2) is 0 Å². The van der Waals surface area contributed by atoms with E-state index in [1.165, 1.54) is 18.9 Å². The van der Waals surface area contributed by atoms with E-state index in [0.717, 1.165) is 0 Å². The Labute approximate surface area is 76.5 Å². The van der Waals surface area contributed by atoms with Gasteiger partial charge in [-0.05, 0) is 6.92 Å². The van der Waals surface area contributed by atoms with E-state index in [0.29, 0.717) is 0 Å². The predicted molar refractivity (Wildman–Crippen MR) is 49.0 cm³/mol. The summed E-state index contributed by atoms with van der Waals surface area (Å²) in [6.45, 7) is 1.78. The number of hydrogen-bond acceptors (Lipinski definition) is 5. The number of methoxy groups -OCH3 is 1. The van der Waals surface area contributed by atoms with Crippen LogP contribution in [0.3, 0.4) is 0 Å². The van der Waals surface area contributed by atoms with Gasteiger partial charge < -0.3 is 15.6 Å². The summed E-state index contributed by atoms with van der Waals surface area (Å²) in [5.41, 5.74) is 5.54. The van der Waals surface area contributed by atoms with Crippen LogP contribution in [-0.4, -0.2) is 41.8 Å². The topological polar surface area (TPSA) is 72.5 Å². The smallest absolute Gasteiger partial charge is 0.315 e. The monoisotopic (exact) mass is 193 g/mol. The Balaban J connectivity index is 3.65. The highest BCUT2D eigenvalue weighted by molar-refractivity contribution is 8.00. The van der Waals surface area contributed by atoms with E-state index < -0.39 is 0 Å². The van der Waals surface area contributed by atoms with Crippen LogP contribution in [0.4, 0.5) is 0 Å². The van der Waals surface area contributed by atoms with Crippen LogP contribution in [0, 0.1) is 0 Å². The first-order valence-corrected chi connectivity index (χ1v) is 4.71. The van der Waals surface area contributed by atoms with Crippen molar-refractivity contribution >= 4 is 17.7 Å². The quantitative estimate of drug-likeness (QED) is 0.581. The maximum absolute atomic E-state index is 10.7. The fraction of sp³-hybridized carbons (Fsp3) is 0.857. The Morgan fingerprint density at radius 1 is 1.75 bits per heavy atom. The van der Waals surface area contributed by atoms with Crippen LogP contribution in [-0.2, 0) is 9.53 Å². The molecule has 72 valence electrons. The Morgan fingerprint density at radius 2 is 2.33 bits per heavy atom. The molecule has 2 atom stereocenters. The van der Waals surface area contributed by atoms with Crippen LogP contribution in [0.5, 0.6) is 0 Å². The zero-order valence-corrected chi connectivity index (χ0v) is 8.13. The van der Waals surface area contributed by atoms with E-state index in [1.807, 2.05) is 0 Å². The number of rotatable bonds is 5. The minimum atomic E-state index is -0.293. The first kappa shape index (κ1) is 11.7. The molecule has 0 bridgehead atoms. The average Bonchev–Trinajstić information content (AvgIpc) is 2.04. The molecule has 0 aromatic heterocycles. The molecule has 0 amide bonds. The van der Waals surface area contributed by atoms with Gasteiger partial charge in [0.25, 0.3) is 0 Å². The summed E-state index contributed by atoms with van der Waals surface area (Å²) in [6, 6.07) is -0.121. The summed E-state index contributed by atoms with van der Waals surface area (Å²) in [7, 11) is 1.34. The zero-order chi connectivity index (χ0) is 9.56. The highest BCUT2D eigenvalue weighted by Gasteiger charge is 2.14. The van der Waals surface area contributed by atoms with Gasteiger partial charge in [0.1, 0.15) is 0 Å². The number of aliphatic hydroxyl groups is 1. The Bertz CT molecular complexity index is 141. The standard InChI is InChI=1S/C7H15NO3S/c1-5(8)6(3-9)12-4-7(10)11-2/h5-6,9H,3-4,8H2,1-2H3. The minimum absolute atomic E-state index is 0.0146.